The molecule has 2 rings (SSSR count). The van der Waals surface area contributed by atoms with Crippen LogP contribution < -0.4 is 5.73 Å². The first kappa shape index (κ1) is 9.87. The van der Waals surface area contributed by atoms with Crippen molar-refractivity contribution >= 4 is 38.9 Å². The Morgan fingerprint density at radius 1 is 1.43 bits per heavy atom. The van der Waals surface area contributed by atoms with Crippen molar-refractivity contribution in [2.24, 2.45) is 0 Å². The van der Waals surface area contributed by atoms with Gasteiger partial charge >= 0.3 is 0 Å². The number of fused-ring (bicyclic) bond motifs is 1. The third-order valence-electron chi connectivity index (χ3n) is 2.09. The van der Waals surface area contributed by atoms with E-state index in [0.29, 0.717) is 0 Å². The Labute approximate surface area is 92.3 Å². The highest BCUT2D eigenvalue weighted by atomic mass is 32.2. The van der Waals surface area contributed by atoms with E-state index < -0.39 is 0 Å². The molecule has 1 aromatic carbocycles. The maximum Gasteiger partial charge on any atom is 0.0402 e. The smallest absolute Gasteiger partial charge is 0.0402 e. The second-order valence-corrected chi connectivity index (χ2v) is 5.55. The molecule has 0 unspecified atom stereocenters. The van der Waals surface area contributed by atoms with E-state index in [1.54, 1.807) is 0 Å². The molecule has 74 valence electrons. The van der Waals surface area contributed by atoms with Gasteiger partial charge in [0.1, 0.15) is 0 Å². The Kier molecular flexibility index (Phi) is 2.99. The summed E-state index contributed by atoms with van der Waals surface area (Å²) in [4.78, 5) is 1.42. The van der Waals surface area contributed by atoms with E-state index in [2.05, 4.69) is 19.1 Å². The van der Waals surface area contributed by atoms with Crippen LogP contribution in [0, 0.1) is 0 Å². The summed E-state index contributed by atoms with van der Waals surface area (Å²) < 4.78 is 1.30. The average Bonchev–Trinajstić information content (AvgIpc) is 2.59. The normalized spacial score (nSPS) is 10.9. The summed E-state index contributed by atoms with van der Waals surface area (Å²) in [6.45, 7) is 2.19. The van der Waals surface area contributed by atoms with Crippen LogP contribution in [0.25, 0.3) is 10.1 Å². The van der Waals surface area contributed by atoms with Crippen LogP contribution in [0.4, 0.5) is 5.69 Å². The van der Waals surface area contributed by atoms with Gasteiger partial charge in [0.05, 0.1) is 0 Å². The van der Waals surface area contributed by atoms with Crippen molar-refractivity contribution < 1.29 is 0 Å². The number of hydrogen-bond acceptors (Lipinski definition) is 3. The van der Waals surface area contributed by atoms with Crippen molar-refractivity contribution in [3.8, 4) is 0 Å². The molecule has 0 spiro atoms. The molecule has 2 aromatic rings. The third kappa shape index (κ3) is 1.88. The molecule has 0 saturated heterocycles. The molecule has 0 aliphatic rings. The zero-order chi connectivity index (χ0) is 9.97. The van der Waals surface area contributed by atoms with Gasteiger partial charge in [0.25, 0.3) is 0 Å². The molecule has 0 radical (unpaired) electrons. The summed E-state index contributed by atoms with van der Waals surface area (Å²) in [6, 6.07) is 8.34. The van der Waals surface area contributed by atoms with Gasteiger partial charge in [-0.15, -0.1) is 11.3 Å². The molecule has 1 heterocycles. The lowest BCUT2D eigenvalue weighted by molar-refractivity contribution is 1.47. The molecule has 0 atom stereocenters. The van der Waals surface area contributed by atoms with Gasteiger partial charge in [-0.1, -0.05) is 13.0 Å². The fourth-order valence-electron chi connectivity index (χ4n) is 1.41. The quantitative estimate of drug-likeness (QED) is 0.802. The van der Waals surface area contributed by atoms with Crippen LogP contribution >= 0.6 is 23.1 Å². The van der Waals surface area contributed by atoms with Gasteiger partial charge in [0.2, 0.25) is 0 Å². The molecule has 2 N–H and O–H groups in total. The highest BCUT2D eigenvalue weighted by Gasteiger charge is 2.03. The number of rotatable bonds is 3. The predicted molar refractivity (Wildman–Crippen MR) is 68.1 cm³/mol. The van der Waals surface area contributed by atoms with Crippen LogP contribution in [0.3, 0.4) is 0 Å². The molecule has 0 bridgehead atoms. The summed E-state index contributed by atoms with van der Waals surface area (Å²) >= 11 is 3.80. The predicted octanol–water partition coefficient (Wildman–Crippen LogP) is 3.74. The zero-order valence-corrected chi connectivity index (χ0v) is 9.75. The van der Waals surface area contributed by atoms with Gasteiger partial charge in [-0.2, -0.15) is 11.8 Å². The van der Waals surface area contributed by atoms with Gasteiger partial charge in [-0.3, -0.25) is 0 Å². The number of nitrogen functional groups attached to an aromatic ring is 1. The fraction of sp³-hybridized carbons (Fsp3) is 0.273. The average molecular weight is 223 g/mol. The summed E-state index contributed by atoms with van der Waals surface area (Å²) in [5.41, 5.74) is 6.79. The molecule has 0 fully saturated rings. The second kappa shape index (κ2) is 4.24. The largest absolute Gasteiger partial charge is 0.398 e. The lowest BCUT2D eigenvalue weighted by Gasteiger charge is -1.92. The van der Waals surface area contributed by atoms with Crippen molar-refractivity contribution in [3.05, 3.63) is 29.1 Å². The first-order chi connectivity index (χ1) is 6.81. The first-order valence-corrected chi connectivity index (χ1v) is 6.63. The van der Waals surface area contributed by atoms with Crippen molar-refractivity contribution in [2.45, 2.75) is 12.7 Å². The third-order valence-corrected chi connectivity index (χ3v) is 4.30. The molecule has 3 heteroatoms. The number of anilines is 1. The highest BCUT2D eigenvalue weighted by Crippen LogP contribution is 2.31. The second-order valence-electron chi connectivity index (χ2n) is 3.11. The standard InChI is InChI=1S/C11H13NS2/c1-2-13-7-8-6-9-10(12)4-3-5-11(9)14-8/h3-6H,2,7,12H2,1H3. The van der Waals surface area contributed by atoms with Crippen LogP contribution in [0.5, 0.6) is 0 Å². The Balaban J connectivity index is 2.36. The molecule has 14 heavy (non-hydrogen) atoms. The fourth-order valence-corrected chi connectivity index (χ4v) is 3.28. The van der Waals surface area contributed by atoms with E-state index >= 15 is 0 Å². The number of thiophene rings is 1. The first-order valence-electron chi connectivity index (χ1n) is 4.66. The van der Waals surface area contributed by atoms with E-state index in [1.165, 1.54) is 20.7 Å². The maximum atomic E-state index is 5.90. The van der Waals surface area contributed by atoms with Gasteiger partial charge in [0, 0.05) is 26.4 Å². The van der Waals surface area contributed by atoms with E-state index in [0.717, 1.165) is 11.4 Å². The van der Waals surface area contributed by atoms with Gasteiger partial charge in [-0.05, 0) is 24.0 Å². The van der Waals surface area contributed by atoms with Crippen LogP contribution in [-0.4, -0.2) is 5.75 Å². The molecule has 0 amide bonds. The summed E-state index contributed by atoms with van der Waals surface area (Å²) in [5.74, 6) is 2.28. The molecular weight excluding hydrogens is 210 g/mol. The van der Waals surface area contributed by atoms with Crippen LogP contribution in [-0.2, 0) is 5.75 Å². The SMILES string of the molecule is CCSCc1cc2c(N)cccc2s1. The van der Waals surface area contributed by atoms with E-state index in [4.69, 9.17) is 5.73 Å². The van der Waals surface area contributed by atoms with Crippen molar-refractivity contribution in [1.29, 1.82) is 0 Å². The minimum atomic E-state index is 0.895. The Morgan fingerprint density at radius 2 is 2.29 bits per heavy atom. The Hall–Kier alpha value is -0.670. The number of hydrogen-bond donors (Lipinski definition) is 1. The van der Waals surface area contributed by atoms with Gasteiger partial charge < -0.3 is 5.73 Å². The monoisotopic (exact) mass is 223 g/mol. The number of thioether (sulfide) groups is 1. The zero-order valence-electron chi connectivity index (χ0n) is 8.12. The lowest BCUT2D eigenvalue weighted by atomic mass is 10.2. The van der Waals surface area contributed by atoms with Crippen LogP contribution in [0.1, 0.15) is 11.8 Å². The lowest BCUT2D eigenvalue weighted by Crippen LogP contribution is -1.82. The molecule has 1 aromatic heterocycles. The molecular formula is C11H13NS2. The number of nitrogens with two attached hydrogens (primary N) is 1. The van der Waals surface area contributed by atoms with Crippen molar-refractivity contribution in [2.75, 3.05) is 11.5 Å². The van der Waals surface area contributed by atoms with Crippen molar-refractivity contribution in [1.82, 2.24) is 0 Å². The minimum absolute atomic E-state index is 0.895. The molecule has 0 aliphatic carbocycles. The summed E-state index contributed by atoms with van der Waals surface area (Å²) in [7, 11) is 0. The van der Waals surface area contributed by atoms with Gasteiger partial charge in [-0.25, -0.2) is 0 Å². The van der Waals surface area contributed by atoms with Crippen LogP contribution in [0.15, 0.2) is 24.3 Å². The van der Waals surface area contributed by atoms with E-state index in [1.807, 2.05) is 35.2 Å². The molecule has 0 aliphatic heterocycles. The van der Waals surface area contributed by atoms with E-state index in [-0.39, 0.29) is 0 Å². The topological polar surface area (TPSA) is 26.0 Å². The number of benzene rings is 1. The van der Waals surface area contributed by atoms with Crippen LogP contribution in [0.2, 0.25) is 0 Å². The minimum Gasteiger partial charge on any atom is -0.398 e. The molecule has 0 saturated carbocycles. The van der Waals surface area contributed by atoms with Gasteiger partial charge in [0.15, 0.2) is 0 Å². The summed E-state index contributed by atoms with van der Waals surface area (Å²) in [5, 5.41) is 1.21. The maximum absolute atomic E-state index is 5.90. The Morgan fingerprint density at radius 3 is 3.00 bits per heavy atom. The Bertz CT molecular complexity index is 434. The highest BCUT2D eigenvalue weighted by molar-refractivity contribution is 7.98. The summed E-state index contributed by atoms with van der Waals surface area (Å²) in [6.07, 6.45) is 0. The van der Waals surface area contributed by atoms with E-state index in [9.17, 15) is 0 Å². The molecule has 1 nitrogen and oxygen atoms in total. The van der Waals surface area contributed by atoms with Crippen molar-refractivity contribution in [3.63, 3.8) is 0 Å².